The lowest BCUT2D eigenvalue weighted by molar-refractivity contribution is -0.184. The summed E-state index contributed by atoms with van der Waals surface area (Å²) in [6, 6.07) is 0. The quantitative estimate of drug-likeness (QED) is 0.314. The fourth-order valence-corrected chi connectivity index (χ4v) is 0.322. The number of ether oxygens (including phenoxy) is 1. The Bertz CT molecular complexity index is 243. The molecular weight excluding hydrogens is 193 g/mol. The normalized spacial score (nSPS) is 10.7. The molecule has 0 aliphatic rings. The van der Waals surface area contributed by atoms with Crippen LogP contribution < -0.4 is 0 Å². The standard InChI is InChI=1S/C6H5F3O4/c1-3(4(10)11)5(12)13-2-6(7,8)9/h1-2H2,(H,10,11). The number of halogens is 3. The summed E-state index contributed by atoms with van der Waals surface area (Å²) in [6.07, 6.45) is -4.67. The highest BCUT2D eigenvalue weighted by molar-refractivity contribution is 6.12. The number of carbonyl (C=O) groups is 2. The van der Waals surface area contributed by atoms with Gasteiger partial charge in [0, 0.05) is 0 Å². The Kier molecular flexibility index (Phi) is 3.46. The molecule has 0 fully saturated rings. The highest BCUT2D eigenvalue weighted by Crippen LogP contribution is 2.15. The van der Waals surface area contributed by atoms with Crippen LogP contribution in [0.15, 0.2) is 12.2 Å². The third kappa shape index (κ3) is 4.83. The van der Waals surface area contributed by atoms with E-state index < -0.39 is 30.3 Å². The van der Waals surface area contributed by atoms with Gasteiger partial charge >= 0.3 is 18.1 Å². The SMILES string of the molecule is C=C(C(=O)O)C(=O)OCC(F)(F)F. The zero-order chi connectivity index (χ0) is 10.6. The van der Waals surface area contributed by atoms with Crippen LogP contribution in [-0.4, -0.2) is 29.8 Å². The first-order valence-electron chi connectivity index (χ1n) is 2.90. The molecule has 4 nitrogen and oxygen atoms in total. The first-order chi connectivity index (χ1) is 5.74. The molecule has 0 heterocycles. The van der Waals surface area contributed by atoms with Crippen LogP contribution in [0.25, 0.3) is 0 Å². The molecule has 13 heavy (non-hydrogen) atoms. The van der Waals surface area contributed by atoms with Gasteiger partial charge in [-0.2, -0.15) is 13.2 Å². The average Bonchev–Trinajstić information content (AvgIpc) is 1.97. The van der Waals surface area contributed by atoms with Crippen molar-refractivity contribution in [3.63, 3.8) is 0 Å². The zero-order valence-corrected chi connectivity index (χ0v) is 6.22. The molecule has 0 saturated carbocycles. The molecule has 0 spiro atoms. The van der Waals surface area contributed by atoms with Crippen LogP contribution >= 0.6 is 0 Å². The van der Waals surface area contributed by atoms with Crippen molar-refractivity contribution in [3.05, 3.63) is 12.2 Å². The van der Waals surface area contributed by atoms with Crippen molar-refractivity contribution in [2.75, 3.05) is 6.61 Å². The van der Waals surface area contributed by atoms with Crippen LogP contribution in [0.2, 0.25) is 0 Å². The van der Waals surface area contributed by atoms with Crippen molar-refractivity contribution in [2.45, 2.75) is 6.18 Å². The molecule has 7 heteroatoms. The van der Waals surface area contributed by atoms with Gasteiger partial charge in [-0.25, -0.2) is 9.59 Å². The molecule has 0 radical (unpaired) electrons. The summed E-state index contributed by atoms with van der Waals surface area (Å²) in [5.41, 5.74) is -1.04. The summed E-state index contributed by atoms with van der Waals surface area (Å²) < 4.78 is 37.9. The van der Waals surface area contributed by atoms with Gasteiger partial charge in [-0.3, -0.25) is 0 Å². The first-order valence-corrected chi connectivity index (χ1v) is 2.90. The van der Waals surface area contributed by atoms with Gasteiger partial charge in [-0.05, 0) is 0 Å². The zero-order valence-electron chi connectivity index (χ0n) is 6.22. The molecule has 74 valence electrons. The van der Waals surface area contributed by atoms with E-state index in [2.05, 4.69) is 11.3 Å². The van der Waals surface area contributed by atoms with Crippen LogP contribution in [0.4, 0.5) is 13.2 Å². The predicted octanol–water partition coefficient (Wildman–Crippen LogP) is 0.733. The minimum Gasteiger partial charge on any atom is -0.477 e. The fourth-order valence-electron chi connectivity index (χ4n) is 0.322. The summed E-state index contributed by atoms with van der Waals surface area (Å²) >= 11 is 0. The topological polar surface area (TPSA) is 63.6 Å². The number of rotatable bonds is 3. The van der Waals surface area contributed by atoms with Crippen molar-refractivity contribution >= 4 is 11.9 Å². The molecule has 0 atom stereocenters. The molecule has 0 amide bonds. The first kappa shape index (κ1) is 11.5. The van der Waals surface area contributed by atoms with Gasteiger partial charge in [0.25, 0.3) is 0 Å². The Morgan fingerprint density at radius 1 is 1.38 bits per heavy atom. The highest BCUT2D eigenvalue weighted by atomic mass is 19.4. The lowest BCUT2D eigenvalue weighted by Gasteiger charge is -2.06. The molecule has 1 N–H and O–H groups in total. The van der Waals surface area contributed by atoms with Gasteiger partial charge in [0.2, 0.25) is 0 Å². The summed E-state index contributed by atoms with van der Waals surface area (Å²) in [7, 11) is 0. The third-order valence-electron chi connectivity index (χ3n) is 0.871. The van der Waals surface area contributed by atoms with Gasteiger partial charge in [0.1, 0.15) is 5.57 Å². The predicted molar refractivity (Wildman–Crippen MR) is 33.8 cm³/mol. The molecule has 0 aliphatic carbocycles. The average molecular weight is 198 g/mol. The molecule has 0 bridgehead atoms. The number of alkyl halides is 3. The van der Waals surface area contributed by atoms with Gasteiger partial charge in [0.15, 0.2) is 6.61 Å². The van der Waals surface area contributed by atoms with Crippen LogP contribution in [-0.2, 0) is 14.3 Å². The van der Waals surface area contributed by atoms with E-state index in [1.54, 1.807) is 0 Å². The largest absolute Gasteiger partial charge is 0.477 e. The van der Waals surface area contributed by atoms with Crippen LogP contribution in [0.3, 0.4) is 0 Å². The minimum absolute atomic E-state index is 1.04. The maximum atomic E-state index is 11.4. The molecule has 0 aromatic heterocycles. The van der Waals surface area contributed by atoms with E-state index >= 15 is 0 Å². The Morgan fingerprint density at radius 3 is 2.15 bits per heavy atom. The van der Waals surface area contributed by atoms with Crippen molar-refractivity contribution in [1.29, 1.82) is 0 Å². The molecule has 0 aliphatic heterocycles. The molecule has 0 aromatic carbocycles. The van der Waals surface area contributed by atoms with Gasteiger partial charge < -0.3 is 9.84 Å². The third-order valence-corrected chi connectivity index (χ3v) is 0.871. The lowest BCUT2D eigenvalue weighted by atomic mass is 10.3. The van der Waals surface area contributed by atoms with Crippen molar-refractivity contribution in [2.24, 2.45) is 0 Å². The van der Waals surface area contributed by atoms with Crippen molar-refractivity contribution < 1.29 is 32.6 Å². The Balaban J connectivity index is 4.04. The Labute approximate surface area is 70.6 Å². The van der Waals surface area contributed by atoms with Crippen molar-refractivity contribution in [1.82, 2.24) is 0 Å². The van der Waals surface area contributed by atoms with Crippen LogP contribution in [0.1, 0.15) is 0 Å². The molecule has 0 saturated heterocycles. The molecule has 0 rings (SSSR count). The van der Waals surface area contributed by atoms with Crippen LogP contribution in [0, 0.1) is 0 Å². The fraction of sp³-hybridized carbons (Fsp3) is 0.333. The summed E-state index contributed by atoms with van der Waals surface area (Å²) in [4.78, 5) is 20.4. The monoisotopic (exact) mass is 198 g/mol. The number of aliphatic carboxylic acids is 1. The van der Waals surface area contributed by atoms with E-state index in [0.717, 1.165) is 0 Å². The van der Waals surface area contributed by atoms with Gasteiger partial charge in [-0.1, -0.05) is 6.58 Å². The van der Waals surface area contributed by atoms with E-state index in [1.165, 1.54) is 0 Å². The van der Waals surface area contributed by atoms with E-state index in [-0.39, 0.29) is 0 Å². The number of carboxylic acids is 1. The van der Waals surface area contributed by atoms with Crippen LogP contribution in [0.5, 0.6) is 0 Å². The number of carboxylic acid groups (broad SMARTS) is 1. The van der Waals surface area contributed by atoms with E-state index in [1.807, 2.05) is 0 Å². The summed E-state index contributed by atoms with van der Waals surface area (Å²) in [5, 5.41) is 8.10. The molecule has 0 unspecified atom stereocenters. The molecular formula is C6H5F3O4. The number of esters is 1. The number of hydrogen-bond acceptors (Lipinski definition) is 3. The van der Waals surface area contributed by atoms with Gasteiger partial charge in [0.05, 0.1) is 0 Å². The second-order valence-electron chi connectivity index (χ2n) is 1.98. The minimum atomic E-state index is -4.67. The lowest BCUT2D eigenvalue weighted by Crippen LogP contribution is -2.23. The number of hydrogen-bond donors (Lipinski definition) is 1. The smallest absolute Gasteiger partial charge is 0.422 e. The summed E-state index contributed by atoms with van der Waals surface area (Å²) in [5.74, 6) is -3.31. The maximum absolute atomic E-state index is 11.4. The molecule has 0 aromatic rings. The highest BCUT2D eigenvalue weighted by Gasteiger charge is 2.30. The maximum Gasteiger partial charge on any atom is 0.422 e. The second-order valence-corrected chi connectivity index (χ2v) is 1.98. The van der Waals surface area contributed by atoms with E-state index in [0.29, 0.717) is 0 Å². The number of carbonyl (C=O) groups excluding carboxylic acids is 1. The van der Waals surface area contributed by atoms with Crippen molar-refractivity contribution in [3.8, 4) is 0 Å². The summed E-state index contributed by atoms with van der Waals surface area (Å²) in [6.45, 7) is 0.892. The van der Waals surface area contributed by atoms with Gasteiger partial charge in [-0.15, -0.1) is 0 Å². The Morgan fingerprint density at radius 2 is 1.85 bits per heavy atom. The second kappa shape index (κ2) is 3.92. The Hall–Kier alpha value is -1.53. The van der Waals surface area contributed by atoms with E-state index in [4.69, 9.17) is 5.11 Å². The van der Waals surface area contributed by atoms with E-state index in [9.17, 15) is 22.8 Å².